The molecule has 0 amide bonds. The number of hydrogen-bond donors (Lipinski definition) is 2. The van der Waals surface area contributed by atoms with Crippen LogP contribution in [0.3, 0.4) is 0 Å². The molecule has 0 unspecified atom stereocenters. The third kappa shape index (κ3) is 8.68. The molecule has 0 atom stereocenters. The van der Waals surface area contributed by atoms with Gasteiger partial charge in [0.05, 0.1) is 11.4 Å². The number of rotatable bonds is 0. The molecule has 1 aromatic carbocycles. The number of anilines is 2. The van der Waals surface area contributed by atoms with Crippen LogP contribution >= 0.6 is 0 Å². The third-order valence-corrected chi connectivity index (χ3v) is 0.996. The van der Waals surface area contributed by atoms with E-state index in [1.165, 1.54) is 0 Å². The molecule has 0 aliphatic carbocycles. The van der Waals surface area contributed by atoms with E-state index in [1.807, 2.05) is 12.1 Å². The van der Waals surface area contributed by atoms with Crippen LogP contribution in [0.1, 0.15) is 0 Å². The number of nitrogen functional groups attached to an aromatic ring is 2. The van der Waals surface area contributed by atoms with Gasteiger partial charge in [-0.05, 0) is 12.1 Å². The van der Waals surface area contributed by atoms with Crippen LogP contribution in [-0.2, 0) is 9.84 Å². The minimum absolute atomic E-state index is 0.646. The lowest BCUT2D eigenvalue weighted by atomic mass is 10.3. The second kappa shape index (κ2) is 4.71. The molecule has 0 radical (unpaired) electrons. The fourth-order valence-corrected chi connectivity index (χ4v) is 0.511. The molecular formula is C8H14N2O2S. The highest BCUT2D eigenvalue weighted by molar-refractivity contribution is 7.89. The summed E-state index contributed by atoms with van der Waals surface area (Å²) in [5.74, 6) is 0. The quantitative estimate of drug-likeness (QED) is 0.600. The lowest BCUT2D eigenvalue weighted by Gasteiger charge is -1.94. The summed E-state index contributed by atoms with van der Waals surface area (Å²) in [6.07, 6.45) is 2.32. The molecule has 0 fully saturated rings. The van der Waals surface area contributed by atoms with Crippen molar-refractivity contribution in [2.75, 3.05) is 24.0 Å². The fourth-order valence-electron chi connectivity index (χ4n) is 0.511. The molecule has 5 heteroatoms. The van der Waals surface area contributed by atoms with E-state index in [0.29, 0.717) is 11.4 Å². The van der Waals surface area contributed by atoms with Crippen molar-refractivity contribution < 1.29 is 8.42 Å². The van der Waals surface area contributed by atoms with E-state index in [1.54, 1.807) is 12.1 Å². The van der Waals surface area contributed by atoms with Crippen molar-refractivity contribution in [2.45, 2.75) is 0 Å². The van der Waals surface area contributed by atoms with E-state index in [9.17, 15) is 8.42 Å². The molecule has 0 aliphatic heterocycles. The first-order valence-electron chi connectivity index (χ1n) is 3.55. The maximum atomic E-state index is 9.63. The Balaban J connectivity index is 0.000000252. The lowest BCUT2D eigenvalue weighted by Crippen LogP contribution is -1.91. The molecule has 1 rings (SSSR count). The van der Waals surface area contributed by atoms with Crippen molar-refractivity contribution in [2.24, 2.45) is 0 Å². The van der Waals surface area contributed by atoms with Gasteiger partial charge in [-0.2, -0.15) is 0 Å². The molecule has 1 aromatic rings. The van der Waals surface area contributed by atoms with Gasteiger partial charge in [-0.15, -0.1) is 0 Å². The van der Waals surface area contributed by atoms with E-state index in [0.717, 1.165) is 12.5 Å². The fraction of sp³-hybridized carbons (Fsp3) is 0.250. The monoisotopic (exact) mass is 202 g/mol. The van der Waals surface area contributed by atoms with Crippen molar-refractivity contribution in [1.82, 2.24) is 0 Å². The standard InChI is InChI=1S/C6H8N2.C2H6O2S/c7-5-3-1-2-4-6(5)8;1-5(2,3)4/h1-4H,7-8H2;1-2H3. The zero-order valence-corrected chi connectivity index (χ0v) is 8.51. The van der Waals surface area contributed by atoms with Gasteiger partial charge in [0.1, 0.15) is 9.84 Å². The third-order valence-electron chi connectivity index (χ3n) is 0.996. The summed E-state index contributed by atoms with van der Waals surface area (Å²) in [5, 5.41) is 0. The average molecular weight is 202 g/mol. The molecule has 4 nitrogen and oxygen atoms in total. The van der Waals surface area contributed by atoms with Crippen LogP contribution < -0.4 is 11.5 Å². The molecule has 0 saturated heterocycles. The van der Waals surface area contributed by atoms with Crippen molar-refractivity contribution in [3.63, 3.8) is 0 Å². The summed E-state index contributed by atoms with van der Waals surface area (Å²) in [5.41, 5.74) is 12.1. The highest BCUT2D eigenvalue weighted by atomic mass is 32.2. The molecule has 0 aromatic heterocycles. The van der Waals surface area contributed by atoms with Gasteiger partial charge in [0.2, 0.25) is 0 Å². The Labute approximate surface area is 78.5 Å². The van der Waals surface area contributed by atoms with Gasteiger partial charge in [-0.1, -0.05) is 12.1 Å². The second-order valence-electron chi connectivity index (χ2n) is 2.77. The Kier molecular flexibility index (Phi) is 4.27. The van der Waals surface area contributed by atoms with Crippen molar-refractivity contribution in [1.29, 1.82) is 0 Å². The van der Waals surface area contributed by atoms with E-state index in [-0.39, 0.29) is 0 Å². The van der Waals surface area contributed by atoms with Gasteiger partial charge < -0.3 is 11.5 Å². The van der Waals surface area contributed by atoms with Crippen LogP contribution in [0.15, 0.2) is 24.3 Å². The normalized spacial score (nSPS) is 10.0. The number of hydrogen-bond acceptors (Lipinski definition) is 4. The molecule has 0 spiro atoms. The van der Waals surface area contributed by atoms with Crippen LogP contribution in [-0.4, -0.2) is 20.9 Å². The van der Waals surface area contributed by atoms with Crippen molar-refractivity contribution in [3.05, 3.63) is 24.3 Å². The van der Waals surface area contributed by atoms with Crippen LogP contribution in [0.2, 0.25) is 0 Å². The summed E-state index contributed by atoms with van der Waals surface area (Å²) in [6.45, 7) is 0. The van der Waals surface area contributed by atoms with Gasteiger partial charge in [-0.25, -0.2) is 8.42 Å². The van der Waals surface area contributed by atoms with Gasteiger partial charge in [0.15, 0.2) is 0 Å². The maximum Gasteiger partial charge on any atom is 0.144 e. The van der Waals surface area contributed by atoms with E-state index >= 15 is 0 Å². The minimum Gasteiger partial charge on any atom is -0.397 e. The zero-order valence-electron chi connectivity index (χ0n) is 7.69. The highest BCUT2D eigenvalue weighted by Gasteiger charge is 1.85. The second-order valence-corrected chi connectivity index (χ2v) is 5.06. The first kappa shape index (κ1) is 11.8. The smallest absolute Gasteiger partial charge is 0.144 e. The van der Waals surface area contributed by atoms with Gasteiger partial charge >= 0.3 is 0 Å². The number of nitrogens with two attached hydrogens (primary N) is 2. The Morgan fingerprint density at radius 2 is 1.23 bits per heavy atom. The summed E-state index contributed by atoms with van der Waals surface area (Å²) in [4.78, 5) is 0. The van der Waals surface area contributed by atoms with E-state index < -0.39 is 9.84 Å². The molecule has 0 saturated carbocycles. The zero-order chi connectivity index (χ0) is 10.5. The molecule has 4 N–H and O–H groups in total. The molecule has 0 aliphatic rings. The Morgan fingerprint density at radius 3 is 1.38 bits per heavy atom. The van der Waals surface area contributed by atoms with Crippen LogP contribution in [0.5, 0.6) is 0 Å². The first-order chi connectivity index (χ1) is 5.80. The van der Waals surface area contributed by atoms with E-state index in [2.05, 4.69) is 0 Å². The molecule has 0 bridgehead atoms. The topological polar surface area (TPSA) is 86.2 Å². The van der Waals surface area contributed by atoms with Gasteiger partial charge in [-0.3, -0.25) is 0 Å². The number of sulfone groups is 1. The minimum atomic E-state index is -2.67. The Bertz CT molecular complexity index is 331. The Hall–Kier alpha value is -1.23. The highest BCUT2D eigenvalue weighted by Crippen LogP contribution is 2.10. The van der Waals surface area contributed by atoms with Gasteiger partial charge in [0.25, 0.3) is 0 Å². The number of para-hydroxylation sites is 2. The maximum absolute atomic E-state index is 9.63. The van der Waals surface area contributed by atoms with Crippen molar-refractivity contribution >= 4 is 21.2 Å². The van der Waals surface area contributed by atoms with Crippen LogP contribution in [0.4, 0.5) is 11.4 Å². The summed E-state index contributed by atoms with van der Waals surface area (Å²) < 4.78 is 19.3. The van der Waals surface area contributed by atoms with E-state index in [4.69, 9.17) is 11.5 Å². The predicted molar refractivity (Wildman–Crippen MR) is 56.0 cm³/mol. The van der Waals surface area contributed by atoms with Crippen LogP contribution in [0, 0.1) is 0 Å². The SMILES string of the molecule is CS(C)(=O)=O.Nc1ccccc1N. The van der Waals surface area contributed by atoms with Gasteiger partial charge in [0, 0.05) is 12.5 Å². The molecule has 0 heterocycles. The summed E-state index contributed by atoms with van der Waals surface area (Å²) in [6, 6.07) is 7.25. The van der Waals surface area contributed by atoms with Crippen LogP contribution in [0.25, 0.3) is 0 Å². The average Bonchev–Trinajstić information content (AvgIpc) is 1.92. The molecule has 13 heavy (non-hydrogen) atoms. The molecule has 74 valence electrons. The first-order valence-corrected chi connectivity index (χ1v) is 5.85. The number of benzene rings is 1. The predicted octanol–water partition coefficient (Wildman–Crippen LogP) is 0.512. The summed E-state index contributed by atoms with van der Waals surface area (Å²) >= 11 is 0. The lowest BCUT2D eigenvalue weighted by molar-refractivity contribution is 0.607. The largest absolute Gasteiger partial charge is 0.397 e. The molecular weight excluding hydrogens is 188 g/mol. The Morgan fingerprint density at radius 1 is 1.00 bits per heavy atom. The van der Waals surface area contributed by atoms with Crippen molar-refractivity contribution in [3.8, 4) is 0 Å². The summed E-state index contributed by atoms with van der Waals surface area (Å²) in [7, 11) is -2.67.